The normalized spacial score (nSPS) is 17.8. The number of carbonyl (C=O) groups excluding carboxylic acids is 10. The molecule has 9 amide bonds. The highest BCUT2D eigenvalue weighted by Gasteiger charge is 2.47. The van der Waals surface area contributed by atoms with Crippen LogP contribution in [0, 0.1) is 24.1 Å². The number of aromatic nitrogens is 2. The molecular formula is C61H75FN10O15. The number of rotatable bonds is 28. The van der Waals surface area contributed by atoms with E-state index < -0.39 is 90.1 Å². The number of imide groups is 1. The molecule has 1 saturated heterocycles. The van der Waals surface area contributed by atoms with Crippen molar-refractivity contribution in [3.63, 3.8) is 0 Å². The zero-order chi connectivity index (χ0) is 62.7. The molecule has 0 radical (unpaired) electrons. The van der Waals surface area contributed by atoms with E-state index in [9.17, 15) is 57.8 Å². The molecule has 25 nitrogen and oxygen atoms in total. The maximum Gasteiger partial charge on any atom is 0.343 e. The molecule has 87 heavy (non-hydrogen) atoms. The van der Waals surface area contributed by atoms with E-state index in [1.807, 2.05) is 20.8 Å². The molecule has 466 valence electrons. The maximum absolute atomic E-state index is 15.4. The van der Waals surface area contributed by atoms with E-state index in [0.29, 0.717) is 57.4 Å². The number of aryl methyl sites for hydroxylation is 1. The van der Waals surface area contributed by atoms with E-state index in [-0.39, 0.29) is 144 Å². The zero-order valence-electron chi connectivity index (χ0n) is 49.5. The van der Waals surface area contributed by atoms with Crippen LogP contribution in [0.1, 0.15) is 118 Å². The molecule has 3 aliphatic heterocycles. The number of hydrogen-bond donors (Lipinski definition) is 8. The van der Waals surface area contributed by atoms with Gasteiger partial charge >= 0.3 is 5.97 Å². The van der Waals surface area contributed by atoms with Gasteiger partial charge in [-0.25, -0.2) is 14.2 Å². The second-order valence-corrected chi connectivity index (χ2v) is 23.1. The van der Waals surface area contributed by atoms with E-state index in [2.05, 4.69) is 37.2 Å². The largest absolute Gasteiger partial charge is 0.458 e. The molecule has 2 aromatic carbocycles. The van der Waals surface area contributed by atoms with Gasteiger partial charge in [-0.2, -0.15) is 0 Å². The van der Waals surface area contributed by atoms with E-state index >= 15 is 4.39 Å². The molecule has 8 N–H and O–H groups in total. The number of pyridine rings is 2. The first-order valence-corrected chi connectivity index (χ1v) is 29.3. The summed E-state index contributed by atoms with van der Waals surface area (Å²) in [4.78, 5) is 148. The van der Waals surface area contributed by atoms with Crippen molar-refractivity contribution in [1.82, 2.24) is 51.7 Å². The summed E-state index contributed by atoms with van der Waals surface area (Å²) in [5, 5.41) is 30.5. The topological polar surface area (TPSA) is 341 Å². The number of carbonyl (C=O) groups is 10. The fourth-order valence-corrected chi connectivity index (χ4v) is 11.3. The van der Waals surface area contributed by atoms with Gasteiger partial charge in [-0.05, 0) is 66.3 Å². The number of aliphatic hydroxyl groups is 1. The lowest BCUT2D eigenvalue weighted by atomic mass is 9.80. The molecule has 26 heteroatoms. The minimum Gasteiger partial charge on any atom is -0.458 e. The molecule has 8 rings (SSSR count). The van der Waals surface area contributed by atoms with E-state index in [1.165, 1.54) is 10.6 Å². The Bertz CT molecular complexity index is 3420. The SMILES string of the molecule is CC[C@@]1(O)C(=O)OCc2c1cc1n(c2=O)Cc2c-1nc1cc(F)c(C)c3c1c2[C@@H](NC(=O)CCCNC(=O)CNC(=O)[C@H](Cc1ccccc1)NC(=O)CNC(=O)CNC(=O)CCOCCOCCNC(=O)CCN1C(=O)CC(C(C)(C)C)C1=O)CC3. The predicted octanol–water partition coefficient (Wildman–Crippen LogP) is 0.954. The molecule has 2 aromatic heterocycles. The summed E-state index contributed by atoms with van der Waals surface area (Å²) in [5.41, 5.74) is 1.74. The average molecular weight is 1210 g/mol. The van der Waals surface area contributed by atoms with Gasteiger partial charge in [0.25, 0.3) is 5.56 Å². The van der Waals surface area contributed by atoms with Gasteiger partial charge in [0.2, 0.25) is 53.2 Å². The number of nitrogens with zero attached hydrogens (tertiary/aromatic N) is 3. The Balaban J connectivity index is 0.723. The lowest BCUT2D eigenvalue weighted by Gasteiger charge is -2.31. The van der Waals surface area contributed by atoms with Crippen LogP contribution < -0.4 is 42.8 Å². The maximum atomic E-state index is 15.4. The van der Waals surface area contributed by atoms with Gasteiger partial charge in [-0.3, -0.25) is 52.8 Å². The summed E-state index contributed by atoms with van der Waals surface area (Å²) in [7, 11) is 0. The van der Waals surface area contributed by atoms with Crippen molar-refractivity contribution in [3.8, 4) is 11.4 Å². The van der Waals surface area contributed by atoms with Gasteiger partial charge in [-0.1, -0.05) is 58.0 Å². The van der Waals surface area contributed by atoms with Gasteiger partial charge in [-0.15, -0.1) is 0 Å². The summed E-state index contributed by atoms with van der Waals surface area (Å²) in [6.45, 7) is 8.16. The van der Waals surface area contributed by atoms with Crippen LogP contribution in [0.3, 0.4) is 0 Å². The number of halogens is 1. The first-order chi connectivity index (χ1) is 41.5. The van der Waals surface area contributed by atoms with Gasteiger partial charge in [0.1, 0.15) is 18.5 Å². The molecule has 0 saturated carbocycles. The molecular weight excluding hydrogens is 1130 g/mol. The number of ether oxygens (including phenoxy) is 3. The highest BCUT2D eigenvalue weighted by atomic mass is 19.1. The average Bonchev–Trinajstić information content (AvgIpc) is 1.69. The first kappa shape index (κ1) is 64.5. The van der Waals surface area contributed by atoms with Crippen molar-refractivity contribution in [3.05, 3.63) is 97.6 Å². The predicted molar refractivity (Wildman–Crippen MR) is 310 cm³/mol. The van der Waals surface area contributed by atoms with Crippen LogP contribution in [0.5, 0.6) is 0 Å². The standard InChI is InChI=1S/C61H75FN10O15/c1-6-61(84)39-26-45-55-37(32-72(45)57(81)38(39)33-87-59(61)83)54-42(15-14-36-34(2)41(62)28-43(70-55)53(36)54)68-48(75)13-10-18-63-49(76)30-67-56(80)44(25-35-11-8-7-9-12-35)69-51(78)31-66-50(77)29-65-47(74)17-21-85-23-24-86-22-19-64-46(73)16-20-71-52(79)27-40(58(71)82)60(3,4)5/h7-9,11-12,26,28,40,42,44,84H,6,10,13-25,27,29-33H2,1-5H3,(H,63,76)(H,64,73)(H,65,74)(H,66,77)(H,67,80)(H,68,75)(H,69,78)/t40?,42-,44-,61-/m0/s1. The lowest BCUT2D eigenvalue weighted by Crippen LogP contribution is -2.52. The van der Waals surface area contributed by atoms with Crippen molar-refractivity contribution >= 4 is 70.0 Å². The molecule has 4 atom stereocenters. The number of likely N-dealkylation sites (tertiary alicyclic amines) is 1. The second kappa shape index (κ2) is 28.3. The summed E-state index contributed by atoms with van der Waals surface area (Å²) in [6, 6.07) is 9.99. The van der Waals surface area contributed by atoms with Crippen molar-refractivity contribution in [1.29, 1.82) is 0 Å². The Morgan fingerprint density at radius 1 is 0.805 bits per heavy atom. The minimum absolute atomic E-state index is 0.00329. The van der Waals surface area contributed by atoms with Crippen LogP contribution in [0.25, 0.3) is 22.3 Å². The summed E-state index contributed by atoms with van der Waals surface area (Å²) >= 11 is 0. The van der Waals surface area contributed by atoms with Crippen LogP contribution in [-0.2, 0) is 93.8 Å². The van der Waals surface area contributed by atoms with Crippen LogP contribution >= 0.6 is 0 Å². The third-order valence-electron chi connectivity index (χ3n) is 16.1. The molecule has 0 bridgehead atoms. The lowest BCUT2D eigenvalue weighted by molar-refractivity contribution is -0.172. The first-order valence-electron chi connectivity index (χ1n) is 29.3. The minimum atomic E-state index is -2.05. The highest BCUT2D eigenvalue weighted by molar-refractivity contribution is 6.04. The van der Waals surface area contributed by atoms with Gasteiger partial charge in [0, 0.05) is 74.3 Å². The summed E-state index contributed by atoms with van der Waals surface area (Å²) in [6.07, 6.45) is 1.11. The molecule has 0 spiro atoms. The molecule has 5 heterocycles. The highest BCUT2D eigenvalue weighted by Crippen LogP contribution is 2.46. The molecule has 4 aliphatic rings. The van der Waals surface area contributed by atoms with Crippen LogP contribution in [-0.4, -0.2) is 150 Å². The number of cyclic esters (lactones) is 1. The Hall–Kier alpha value is -8.49. The molecule has 4 aromatic rings. The third-order valence-corrected chi connectivity index (χ3v) is 16.1. The van der Waals surface area contributed by atoms with Gasteiger partial charge < -0.3 is 61.1 Å². The van der Waals surface area contributed by atoms with Gasteiger partial charge in [0.15, 0.2) is 5.60 Å². The van der Waals surface area contributed by atoms with Crippen molar-refractivity contribution in [2.24, 2.45) is 11.3 Å². The number of hydrogen-bond acceptors (Lipinski definition) is 16. The Morgan fingerprint density at radius 3 is 2.21 bits per heavy atom. The van der Waals surface area contributed by atoms with E-state index in [1.54, 1.807) is 50.2 Å². The smallest absolute Gasteiger partial charge is 0.343 e. The van der Waals surface area contributed by atoms with Crippen molar-refractivity contribution in [2.75, 3.05) is 65.7 Å². The van der Waals surface area contributed by atoms with Crippen LogP contribution in [0.4, 0.5) is 4.39 Å². The number of benzene rings is 2. The Labute approximate surface area is 501 Å². The number of amides is 9. The van der Waals surface area contributed by atoms with E-state index in [0.717, 1.165) is 10.5 Å². The monoisotopic (exact) mass is 1210 g/mol. The zero-order valence-corrected chi connectivity index (χ0v) is 49.5. The Kier molecular flexibility index (Phi) is 21.0. The van der Waals surface area contributed by atoms with Crippen LogP contribution in [0.2, 0.25) is 0 Å². The third kappa shape index (κ3) is 15.4. The van der Waals surface area contributed by atoms with E-state index in [4.69, 9.17) is 19.2 Å². The molecule has 1 fully saturated rings. The fourth-order valence-electron chi connectivity index (χ4n) is 11.3. The summed E-state index contributed by atoms with van der Waals surface area (Å²) < 4.78 is 33.0. The Morgan fingerprint density at radius 2 is 1.48 bits per heavy atom. The number of fused-ring (bicyclic) bond motifs is 5. The van der Waals surface area contributed by atoms with Crippen molar-refractivity contribution < 1.29 is 71.7 Å². The molecule has 1 aliphatic carbocycles. The van der Waals surface area contributed by atoms with Crippen LogP contribution in [0.15, 0.2) is 47.3 Å². The van der Waals surface area contributed by atoms with Crippen molar-refractivity contribution in [2.45, 2.75) is 123 Å². The number of esters is 1. The fraction of sp³-hybridized carbons (Fsp3) is 0.508. The quantitative estimate of drug-likeness (QED) is 0.0196. The molecule has 1 unspecified atom stereocenters. The van der Waals surface area contributed by atoms with Gasteiger partial charge in [0.05, 0.1) is 87.0 Å². The number of nitrogens with one attached hydrogen (secondary N) is 7. The second-order valence-electron chi connectivity index (χ2n) is 23.1. The summed E-state index contributed by atoms with van der Waals surface area (Å²) in [5.74, 6) is -6.04.